The molecular weight excluding hydrogens is 503 g/mol. The van der Waals surface area contributed by atoms with Crippen LogP contribution >= 0.6 is 0 Å². The van der Waals surface area contributed by atoms with Crippen molar-refractivity contribution in [3.63, 3.8) is 0 Å². The predicted octanol–water partition coefficient (Wildman–Crippen LogP) is 1.41. The van der Waals surface area contributed by atoms with Gasteiger partial charge >= 0.3 is 11.8 Å². The zero-order valence-electron chi connectivity index (χ0n) is 19.8. The largest absolute Gasteiger partial charge is 0.348 e. The Morgan fingerprint density at radius 3 is 2.31 bits per heavy atom. The van der Waals surface area contributed by atoms with Gasteiger partial charge < -0.3 is 20.1 Å². The summed E-state index contributed by atoms with van der Waals surface area (Å²) in [7, 11) is -3.13. The van der Waals surface area contributed by atoms with Crippen LogP contribution in [0.1, 0.15) is 35.9 Å². The molecule has 1 aromatic heterocycles. The molecule has 196 valence electrons. The second kappa shape index (κ2) is 10.7. The number of nitrogens with one attached hydrogen (secondary N) is 3. The highest BCUT2D eigenvalue weighted by atomic mass is 32.2. The highest BCUT2D eigenvalue weighted by Gasteiger charge is 2.35. The lowest BCUT2D eigenvalue weighted by Crippen LogP contribution is -2.50. The van der Waals surface area contributed by atoms with Crippen molar-refractivity contribution in [3.8, 4) is 0 Å². The molecule has 2 aromatic rings. The summed E-state index contributed by atoms with van der Waals surface area (Å²) in [5.41, 5.74) is -0.812. The van der Waals surface area contributed by atoms with Gasteiger partial charge in [0.25, 0.3) is 5.91 Å². The van der Waals surface area contributed by atoms with Gasteiger partial charge in [-0.2, -0.15) is 0 Å². The summed E-state index contributed by atoms with van der Waals surface area (Å²) in [6.45, 7) is 3.54. The minimum atomic E-state index is -4.42. The number of amides is 3. The van der Waals surface area contributed by atoms with Gasteiger partial charge in [-0.05, 0) is 38.8 Å². The van der Waals surface area contributed by atoms with Crippen LogP contribution in [0.2, 0.25) is 0 Å². The molecule has 0 atom stereocenters. The Bertz CT molecular complexity index is 1300. The van der Waals surface area contributed by atoms with Gasteiger partial charge in [0.1, 0.15) is 10.6 Å². The maximum Gasteiger partial charge on any atom is 0.311 e. The maximum atomic E-state index is 15.3. The van der Waals surface area contributed by atoms with Crippen LogP contribution in [-0.2, 0) is 26.7 Å². The molecule has 0 bridgehead atoms. The third-order valence-corrected chi connectivity index (χ3v) is 7.53. The summed E-state index contributed by atoms with van der Waals surface area (Å²) < 4.78 is 71.4. The highest BCUT2D eigenvalue weighted by Crippen LogP contribution is 2.27. The van der Waals surface area contributed by atoms with Gasteiger partial charge in [0.2, 0.25) is 10.0 Å². The van der Waals surface area contributed by atoms with E-state index in [0.29, 0.717) is 12.6 Å². The number of aromatic nitrogens is 1. The Labute approximate surface area is 205 Å². The molecule has 3 rings (SSSR count). The molecule has 14 heteroatoms. The molecule has 1 fully saturated rings. The summed E-state index contributed by atoms with van der Waals surface area (Å²) in [4.78, 5) is 37.1. The molecule has 0 unspecified atom stereocenters. The number of nitrogens with zero attached hydrogens (tertiary/aromatic N) is 2. The van der Waals surface area contributed by atoms with Crippen LogP contribution < -0.4 is 15.4 Å². The van der Waals surface area contributed by atoms with E-state index in [2.05, 4.69) is 15.4 Å². The van der Waals surface area contributed by atoms with Gasteiger partial charge in [0.05, 0.1) is 0 Å². The van der Waals surface area contributed by atoms with Crippen LogP contribution in [0.4, 0.5) is 18.9 Å². The predicted molar refractivity (Wildman–Crippen MR) is 123 cm³/mol. The van der Waals surface area contributed by atoms with E-state index in [0.717, 1.165) is 16.7 Å². The van der Waals surface area contributed by atoms with Crippen LogP contribution in [0.25, 0.3) is 0 Å². The molecular formula is C22H26F3N5O5S. The van der Waals surface area contributed by atoms with Crippen molar-refractivity contribution in [1.82, 2.24) is 19.5 Å². The molecule has 0 radical (unpaired) electrons. The maximum absolute atomic E-state index is 15.3. The topological polar surface area (TPSA) is 130 Å². The van der Waals surface area contributed by atoms with Gasteiger partial charge in [-0.25, -0.2) is 26.3 Å². The van der Waals surface area contributed by atoms with Crippen molar-refractivity contribution in [3.05, 3.63) is 47.0 Å². The fourth-order valence-electron chi connectivity index (χ4n) is 3.92. The minimum Gasteiger partial charge on any atom is -0.348 e. The molecule has 10 nitrogen and oxygen atoms in total. The number of hydrogen-bond donors (Lipinski definition) is 3. The van der Waals surface area contributed by atoms with Crippen LogP contribution in [0.5, 0.6) is 0 Å². The Balaban J connectivity index is 1.75. The number of anilines is 1. The fraction of sp³-hybridized carbons (Fsp3) is 0.409. The Morgan fingerprint density at radius 2 is 1.72 bits per heavy atom. The first kappa shape index (κ1) is 27.2. The summed E-state index contributed by atoms with van der Waals surface area (Å²) in [6, 6.07) is 1.94. The van der Waals surface area contributed by atoms with Gasteiger partial charge in [-0.1, -0.05) is 0 Å². The van der Waals surface area contributed by atoms with Gasteiger partial charge in [0, 0.05) is 50.2 Å². The summed E-state index contributed by atoms with van der Waals surface area (Å²) >= 11 is 0. The van der Waals surface area contributed by atoms with E-state index in [1.165, 1.54) is 18.9 Å². The summed E-state index contributed by atoms with van der Waals surface area (Å²) in [5.74, 6) is -6.16. The number of rotatable bonds is 6. The molecule has 0 spiro atoms. The molecule has 0 saturated carbocycles. The number of piperidine rings is 1. The lowest BCUT2D eigenvalue weighted by Gasteiger charge is -2.31. The smallest absolute Gasteiger partial charge is 0.311 e. The molecule has 0 aliphatic carbocycles. The molecule has 1 saturated heterocycles. The van der Waals surface area contributed by atoms with E-state index in [1.54, 1.807) is 6.92 Å². The number of carbonyl (C=O) groups excluding carboxylic acids is 3. The number of sulfonamides is 1. The molecule has 3 N–H and O–H groups in total. The number of benzene rings is 1. The lowest BCUT2D eigenvalue weighted by molar-refractivity contribution is -0.146. The number of halogens is 3. The zero-order chi connectivity index (χ0) is 26.8. The van der Waals surface area contributed by atoms with Crippen LogP contribution in [0.3, 0.4) is 0 Å². The third-order valence-electron chi connectivity index (χ3n) is 5.87. The first-order chi connectivity index (χ1) is 16.9. The normalized spacial score (nSPS) is 14.6. The van der Waals surface area contributed by atoms with Gasteiger partial charge in [0.15, 0.2) is 17.5 Å². The van der Waals surface area contributed by atoms with Crippen molar-refractivity contribution >= 4 is 33.4 Å². The fourth-order valence-corrected chi connectivity index (χ4v) is 5.57. The molecule has 1 aromatic carbocycles. The molecule has 1 aliphatic rings. The monoisotopic (exact) mass is 529 g/mol. The quantitative estimate of drug-likeness (QED) is 0.488. The van der Waals surface area contributed by atoms with Crippen molar-refractivity contribution in [2.24, 2.45) is 7.05 Å². The average molecular weight is 530 g/mol. The number of carbonyl (C=O) groups is 3. The highest BCUT2D eigenvalue weighted by molar-refractivity contribution is 7.89. The first-order valence-corrected chi connectivity index (χ1v) is 12.6. The SMILES string of the molecule is CCNC(=O)C(=O)N1CCC(NS(=O)(=O)c2c(F)c(C(=O)Nc3ccc(F)c(F)c3)n(C)c2C)CC1. The number of likely N-dealkylation sites (tertiary alicyclic amines) is 1. The molecule has 3 amide bonds. The van der Waals surface area contributed by atoms with E-state index < -0.39 is 61.8 Å². The Morgan fingerprint density at radius 1 is 1.08 bits per heavy atom. The average Bonchev–Trinajstić information content (AvgIpc) is 3.04. The first-order valence-electron chi connectivity index (χ1n) is 11.1. The Hall–Kier alpha value is -3.39. The van der Waals surface area contributed by atoms with Gasteiger partial charge in [-0.3, -0.25) is 14.4 Å². The second-order valence-corrected chi connectivity index (χ2v) is 9.92. The van der Waals surface area contributed by atoms with Gasteiger partial charge in [-0.15, -0.1) is 0 Å². The standard InChI is InChI=1S/C22H26F3N5O5S/c1-4-26-21(32)22(33)30-9-7-13(8-10-30)28-36(34,35)19-12(2)29(3)18(17(19)25)20(31)27-14-5-6-15(23)16(24)11-14/h5-6,11,13,28H,4,7-10H2,1-3H3,(H,26,32)(H,27,31). The zero-order valence-corrected chi connectivity index (χ0v) is 20.6. The molecule has 2 heterocycles. The van der Waals surface area contributed by atoms with Crippen molar-refractivity contribution < 1.29 is 36.0 Å². The number of hydrogen-bond acceptors (Lipinski definition) is 5. The summed E-state index contributed by atoms with van der Waals surface area (Å²) in [6.07, 6.45) is 0.392. The Kier molecular flexibility index (Phi) is 8.09. The second-order valence-electron chi connectivity index (χ2n) is 8.27. The molecule has 36 heavy (non-hydrogen) atoms. The number of likely N-dealkylation sites (N-methyl/N-ethyl adjacent to an activating group) is 1. The third kappa shape index (κ3) is 5.54. The van der Waals surface area contributed by atoms with Crippen molar-refractivity contribution in [2.45, 2.75) is 37.6 Å². The van der Waals surface area contributed by atoms with Crippen molar-refractivity contribution in [1.29, 1.82) is 0 Å². The lowest BCUT2D eigenvalue weighted by atomic mass is 10.1. The van der Waals surface area contributed by atoms with E-state index in [1.807, 2.05) is 0 Å². The van der Waals surface area contributed by atoms with E-state index >= 15 is 4.39 Å². The minimum absolute atomic E-state index is 0.0562. The van der Waals surface area contributed by atoms with Crippen LogP contribution in [0, 0.1) is 24.4 Å². The van der Waals surface area contributed by atoms with E-state index in [9.17, 15) is 31.6 Å². The molecule has 1 aliphatic heterocycles. The summed E-state index contributed by atoms with van der Waals surface area (Å²) in [5, 5.41) is 4.63. The van der Waals surface area contributed by atoms with Crippen LogP contribution in [-0.4, -0.2) is 61.3 Å². The van der Waals surface area contributed by atoms with Crippen molar-refractivity contribution in [2.75, 3.05) is 25.0 Å². The van der Waals surface area contributed by atoms with E-state index in [-0.39, 0.29) is 37.3 Å². The van der Waals surface area contributed by atoms with E-state index in [4.69, 9.17) is 0 Å². The van der Waals surface area contributed by atoms with Crippen LogP contribution in [0.15, 0.2) is 23.1 Å².